The van der Waals surface area contributed by atoms with E-state index in [2.05, 4.69) is 15.0 Å². The lowest BCUT2D eigenvalue weighted by Crippen LogP contribution is -2.22. The van der Waals surface area contributed by atoms with Crippen LogP contribution in [0.2, 0.25) is 0 Å². The predicted molar refractivity (Wildman–Crippen MR) is 99.3 cm³/mol. The maximum atomic E-state index is 12.3. The number of ether oxygens (including phenoxy) is 2. The number of hydrogen-bond acceptors (Lipinski definition) is 4. The summed E-state index contributed by atoms with van der Waals surface area (Å²) in [4.78, 5) is 16.5. The molecule has 0 saturated carbocycles. The highest BCUT2D eigenvalue weighted by Crippen LogP contribution is 2.17. The lowest BCUT2D eigenvalue weighted by molar-refractivity contribution is -0.0498. The minimum atomic E-state index is -2.94. The van der Waals surface area contributed by atoms with Crippen LogP contribution in [-0.4, -0.2) is 17.5 Å². The van der Waals surface area contributed by atoms with Crippen molar-refractivity contribution in [3.63, 3.8) is 0 Å². The van der Waals surface area contributed by atoms with Crippen molar-refractivity contribution in [3.8, 4) is 11.5 Å². The number of aromatic nitrogens is 1. The summed E-state index contributed by atoms with van der Waals surface area (Å²) in [5, 5.41) is 2.75. The quantitative estimate of drug-likeness (QED) is 0.633. The average Bonchev–Trinajstić information content (AvgIpc) is 2.71. The first-order chi connectivity index (χ1) is 13.6. The molecule has 3 rings (SSSR count). The molecule has 0 radical (unpaired) electrons. The Morgan fingerprint density at radius 2 is 1.82 bits per heavy atom. The van der Waals surface area contributed by atoms with E-state index in [4.69, 9.17) is 4.74 Å². The molecule has 144 valence electrons. The number of carbonyl (C=O) groups excluding carboxylic acids is 1. The topological polar surface area (TPSA) is 60.5 Å². The fourth-order valence-corrected chi connectivity index (χ4v) is 2.48. The van der Waals surface area contributed by atoms with E-state index < -0.39 is 6.61 Å². The number of pyridine rings is 1. The fraction of sp³-hybridized carbons (Fsp3) is 0.143. The second-order valence-corrected chi connectivity index (χ2v) is 5.85. The van der Waals surface area contributed by atoms with Gasteiger partial charge in [0, 0.05) is 18.3 Å². The Morgan fingerprint density at radius 1 is 1.00 bits per heavy atom. The van der Waals surface area contributed by atoms with Crippen molar-refractivity contribution in [2.24, 2.45) is 0 Å². The highest BCUT2D eigenvalue weighted by atomic mass is 19.3. The molecular weight excluding hydrogens is 366 g/mol. The largest absolute Gasteiger partial charge is 0.487 e. The molecule has 1 amide bonds. The maximum absolute atomic E-state index is 12.3. The average molecular weight is 384 g/mol. The third kappa shape index (κ3) is 5.77. The van der Waals surface area contributed by atoms with Crippen LogP contribution in [0.25, 0.3) is 0 Å². The standard InChI is InChI=1S/C21H18F2N2O3/c22-21(23)28-19-9-4-6-16(12-19)20(26)25-13-15-5-3-8-18(11-15)27-14-17-7-1-2-10-24-17/h1-12,21H,13-14H2,(H,25,26). The number of amides is 1. The van der Waals surface area contributed by atoms with E-state index >= 15 is 0 Å². The number of hydrogen-bond donors (Lipinski definition) is 1. The Balaban J connectivity index is 1.56. The van der Waals surface area contributed by atoms with E-state index in [0.29, 0.717) is 12.4 Å². The zero-order valence-electron chi connectivity index (χ0n) is 14.8. The number of halogens is 2. The zero-order valence-corrected chi connectivity index (χ0v) is 14.8. The van der Waals surface area contributed by atoms with Gasteiger partial charge >= 0.3 is 6.61 Å². The molecule has 0 aliphatic heterocycles. The summed E-state index contributed by atoms with van der Waals surface area (Å²) in [5.74, 6) is 0.205. The summed E-state index contributed by atoms with van der Waals surface area (Å²) in [6, 6.07) is 18.6. The summed E-state index contributed by atoms with van der Waals surface area (Å²) in [6.07, 6.45) is 1.70. The third-order valence-corrected chi connectivity index (χ3v) is 3.79. The van der Waals surface area contributed by atoms with Crippen molar-refractivity contribution in [3.05, 3.63) is 89.7 Å². The van der Waals surface area contributed by atoms with Crippen LogP contribution in [0.4, 0.5) is 8.78 Å². The van der Waals surface area contributed by atoms with Crippen molar-refractivity contribution in [1.29, 1.82) is 0 Å². The molecule has 0 saturated heterocycles. The highest BCUT2D eigenvalue weighted by molar-refractivity contribution is 5.94. The molecule has 1 N–H and O–H groups in total. The Morgan fingerprint density at radius 3 is 2.61 bits per heavy atom. The molecule has 3 aromatic rings. The predicted octanol–water partition coefficient (Wildman–Crippen LogP) is 4.19. The van der Waals surface area contributed by atoms with Gasteiger partial charge in [0.2, 0.25) is 0 Å². The summed E-state index contributed by atoms with van der Waals surface area (Å²) in [6.45, 7) is -2.33. The van der Waals surface area contributed by atoms with E-state index in [1.54, 1.807) is 6.20 Å². The number of nitrogens with zero attached hydrogens (tertiary/aromatic N) is 1. The lowest BCUT2D eigenvalue weighted by atomic mass is 10.2. The summed E-state index contributed by atoms with van der Waals surface area (Å²) >= 11 is 0. The van der Waals surface area contributed by atoms with E-state index in [9.17, 15) is 13.6 Å². The molecule has 0 atom stereocenters. The van der Waals surface area contributed by atoms with Crippen molar-refractivity contribution < 1.29 is 23.0 Å². The minimum absolute atomic E-state index is 0.0624. The van der Waals surface area contributed by atoms with Crippen molar-refractivity contribution in [2.75, 3.05) is 0 Å². The number of rotatable bonds is 8. The van der Waals surface area contributed by atoms with Gasteiger partial charge in [-0.05, 0) is 48.0 Å². The monoisotopic (exact) mass is 384 g/mol. The van der Waals surface area contributed by atoms with Gasteiger partial charge in [0.05, 0.1) is 5.69 Å². The molecule has 0 aliphatic rings. The highest BCUT2D eigenvalue weighted by Gasteiger charge is 2.09. The van der Waals surface area contributed by atoms with Gasteiger partial charge in [-0.25, -0.2) is 0 Å². The molecule has 0 unspecified atom stereocenters. The van der Waals surface area contributed by atoms with E-state index in [1.165, 1.54) is 24.3 Å². The van der Waals surface area contributed by atoms with Gasteiger partial charge in [-0.15, -0.1) is 0 Å². The number of nitrogens with one attached hydrogen (secondary N) is 1. The molecule has 1 aromatic heterocycles. The Labute approximate surface area is 160 Å². The first-order valence-electron chi connectivity index (χ1n) is 8.55. The first-order valence-corrected chi connectivity index (χ1v) is 8.55. The first kappa shape index (κ1) is 19.3. The number of benzene rings is 2. The van der Waals surface area contributed by atoms with Gasteiger partial charge < -0.3 is 14.8 Å². The van der Waals surface area contributed by atoms with Crippen LogP contribution >= 0.6 is 0 Å². The third-order valence-electron chi connectivity index (χ3n) is 3.79. The molecular formula is C21H18F2N2O3. The number of carbonyl (C=O) groups is 1. The molecule has 5 nitrogen and oxygen atoms in total. The Bertz CT molecular complexity index is 920. The molecule has 0 aliphatic carbocycles. The normalized spacial score (nSPS) is 10.5. The fourth-order valence-electron chi connectivity index (χ4n) is 2.48. The number of alkyl halides is 2. The second-order valence-electron chi connectivity index (χ2n) is 5.85. The SMILES string of the molecule is O=C(NCc1cccc(OCc2ccccn2)c1)c1cccc(OC(F)F)c1. The smallest absolute Gasteiger partial charge is 0.387 e. The summed E-state index contributed by atoms with van der Waals surface area (Å²) in [5.41, 5.74) is 1.89. The molecule has 7 heteroatoms. The summed E-state index contributed by atoms with van der Waals surface area (Å²) in [7, 11) is 0. The minimum Gasteiger partial charge on any atom is -0.487 e. The molecule has 0 spiro atoms. The zero-order chi connectivity index (χ0) is 19.8. The lowest BCUT2D eigenvalue weighted by Gasteiger charge is -2.10. The van der Waals surface area contributed by atoms with Gasteiger partial charge in [-0.1, -0.05) is 24.3 Å². The van der Waals surface area contributed by atoms with Crippen LogP contribution in [0.5, 0.6) is 11.5 Å². The second kappa shape index (κ2) is 9.45. The van der Waals surface area contributed by atoms with Crippen LogP contribution in [0, 0.1) is 0 Å². The van der Waals surface area contributed by atoms with Gasteiger partial charge in [0.25, 0.3) is 5.91 Å². The molecule has 0 bridgehead atoms. The maximum Gasteiger partial charge on any atom is 0.387 e. The van der Waals surface area contributed by atoms with E-state index in [1.807, 2.05) is 42.5 Å². The van der Waals surface area contributed by atoms with Gasteiger partial charge in [-0.3, -0.25) is 9.78 Å². The van der Waals surface area contributed by atoms with Crippen LogP contribution < -0.4 is 14.8 Å². The van der Waals surface area contributed by atoms with Crippen LogP contribution in [0.15, 0.2) is 72.9 Å². The van der Waals surface area contributed by atoms with Gasteiger partial charge in [-0.2, -0.15) is 8.78 Å². The van der Waals surface area contributed by atoms with Crippen molar-refractivity contribution >= 4 is 5.91 Å². The van der Waals surface area contributed by atoms with E-state index in [-0.39, 0.29) is 23.8 Å². The van der Waals surface area contributed by atoms with Crippen molar-refractivity contribution in [1.82, 2.24) is 10.3 Å². The Kier molecular flexibility index (Phi) is 6.51. The van der Waals surface area contributed by atoms with E-state index in [0.717, 1.165) is 11.3 Å². The molecule has 0 fully saturated rings. The molecule has 1 heterocycles. The Hall–Kier alpha value is -3.48. The van der Waals surface area contributed by atoms with Crippen molar-refractivity contribution in [2.45, 2.75) is 19.8 Å². The van der Waals surface area contributed by atoms with Crippen LogP contribution in [0.1, 0.15) is 21.6 Å². The van der Waals surface area contributed by atoms with Crippen LogP contribution in [-0.2, 0) is 13.2 Å². The van der Waals surface area contributed by atoms with Gasteiger partial charge in [0.1, 0.15) is 18.1 Å². The summed E-state index contributed by atoms with van der Waals surface area (Å²) < 4.78 is 34.6. The van der Waals surface area contributed by atoms with Gasteiger partial charge in [0.15, 0.2) is 0 Å². The molecule has 2 aromatic carbocycles. The van der Waals surface area contributed by atoms with Crippen LogP contribution in [0.3, 0.4) is 0 Å². The molecule has 28 heavy (non-hydrogen) atoms.